The summed E-state index contributed by atoms with van der Waals surface area (Å²) in [4.78, 5) is 2.17. The normalized spacial score (nSPS) is 19.6. The molecule has 0 amide bonds. The maximum atomic E-state index is 13.2. The highest BCUT2D eigenvalue weighted by Gasteiger charge is 2.29. The second kappa shape index (κ2) is 7.83. The molecule has 2 aromatic heterocycles. The fourth-order valence-electron chi connectivity index (χ4n) is 3.68. The molecule has 148 valence electrons. The lowest BCUT2D eigenvalue weighted by Gasteiger charge is -2.23. The molecule has 1 saturated heterocycles. The first kappa shape index (κ1) is 18.8. The summed E-state index contributed by atoms with van der Waals surface area (Å²) < 4.78 is 21.1. The molecule has 1 aliphatic heterocycles. The summed E-state index contributed by atoms with van der Waals surface area (Å²) in [7, 11) is 4.02. The molecule has 2 N–H and O–H groups in total. The Kier molecular flexibility index (Phi) is 5.25. The Morgan fingerprint density at radius 3 is 2.71 bits per heavy atom. The number of benzene rings is 1. The van der Waals surface area contributed by atoms with E-state index in [1.807, 2.05) is 49.9 Å². The summed E-state index contributed by atoms with van der Waals surface area (Å²) in [6.07, 6.45) is 0. The van der Waals surface area contributed by atoms with Crippen molar-refractivity contribution in [2.75, 3.05) is 20.1 Å². The molecule has 1 aliphatic rings. The topological polar surface area (TPSA) is 71.2 Å². The van der Waals surface area contributed by atoms with Crippen molar-refractivity contribution in [3.8, 4) is 11.6 Å². The monoisotopic (exact) mass is 384 g/mol. The van der Waals surface area contributed by atoms with Crippen molar-refractivity contribution in [2.24, 2.45) is 13.0 Å². The van der Waals surface area contributed by atoms with Gasteiger partial charge in [0.25, 0.3) is 5.89 Å². The van der Waals surface area contributed by atoms with Crippen molar-refractivity contribution in [3.05, 3.63) is 59.4 Å². The fraction of sp³-hybridized carbons (Fsp3) is 0.400. The molecule has 1 aromatic carbocycles. The Balaban J connectivity index is 1.39. The van der Waals surface area contributed by atoms with E-state index in [0.29, 0.717) is 24.2 Å². The van der Waals surface area contributed by atoms with E-state index in [-0.39, 0.29) is 11.9 Å². The Labute approximate surface area is 163 Å². The summed E-state index contributed by atoms with van der Waals surface area (Å²) in [5.74, 6) is 1.25. The highest BCUT2D eigenvalue weighted by atomic mass is 19.1. The number of nitrogens with one attached hydrogen (secondary N) is 2. The standard InChI is InChI=1S/C20H25FN6O/c1-13-4-9-17(27(13)3)20-25-23-18(28-20)12-26(2)11-15-10-22-24-19(15)14-5-7-16(21)8-6-14/h4-9,15,19,22,24H,10-12H2,1-3H3. The van der Waals surface area contributed by atoms with Gasteiger partial charge in [-0.3, -0.25) is 10.3 Å². The Morgan fingerprint density at radius 1 is 1.21 bits per heavy atom. The van der Waals surface area contributed by atoms with E-state index >= 15 is 0 Å². The maximum Gasteiger partial charge on any atom is 0.264 e. The van der Waals surface area contributed by atoms with Crippen LogP contribution in [0.3, 0.4) is 0 Å². The molecule has 0 radical (unpaired) electrons. The Hall–Kier alpha value is -2.55. The number of hydrazine groups is 1. The van der Waals surface area contributed by atoms with Gasteiger partial charge in [0.05, 0.1) is 12.6 Å². The van der Waals surface area contributed by atoms with Gasteiger partial charge >= 0.3 is 0 Å². The van der Waals surface area contributed by atoms with Gasteiger partial charge in [0.1, 0.15) is 11.5 Å². The molecular weight excluding hydrogens is 359 g/mol. The van der Waals surface area contributed by atoms with Gasteiger partial charge in [0.15, 0.2) is 0 Å². The lowest BCUT2D eigenvalue weighted by Crippen LogP contribution is -2.30. The van der Waals surface area contributed by atoms with Crippen LogP contribution in [0.15, 0.2) is 40.8 Å². The zero-order chi connectivity index (χ0) is 19.7. The number of aryl methyl sites for hydroxylation is 1. The van der Waals surface area contributed by atoms with Crippen LogP contribution in [0, 0.1) is 18.7 Å². The fourth-order valence-corrected chi connectivity index (χ4v) is 3.68. The smallest absolute Gasteiger partial charge is 0.264 e. The third kappa shape index (κ3) is 3.84. The van der Waals surface area contributed by atoms with E-state index in [1.165, 1.54) is 12.1 Å². The highest BCUT2D eigenvalue weighted by molar-refractivity contribution is 5.48. The minimum atomic E-state index is -0.219. The minimum Gasteiger partial charge on any atom is -0.418 e. The van der Waals surface area contributed by atoms with E-state index < -0.39 is 0 Å². The van der Waals surface area contributed by atoms with Crippen molar-refractivity contribution in [3.63, 3.8) is 0 Å². The highest BCUT2D eigenvalue weighted by Crippen LogP contribution is 2.26. The van der Waals surface area contributed by atoms with E-state index in [1.54, 1.807) is 0 Å². The Bertz CT molecular complexity index is 935. The summed E-state index contributed by atoms with van der Waals surface area (Å²) in [5, 5.41) is 8.39. The molecule has 7 nitrogen and oxygen atoms in total. The number of halogens is 1. The quantitative estimate of drug-likeness (QED) is 0.680. The van der Waals surface area contributed by atoms with E-state index in [4.69, 9.17) is 4.42 Å². The lowest BCUT2D eigenvalue weighted by atomic mass is 9.94. The van der Waals surface area contributed by atoms with Gasteiger partial charge in [-0.2, -0.15) is 0 Å². The average Bonchev–Trinajstić information content (AvgIpc) is 3.38. The van der Waals surface area contributed by atoms with Crippen molar-refractivity contribution in [1.29, 1.82) is 0 Å². The lowest BCUT2D eigenvalue weighted by molar-refractivity contribution is 0.241. The van der Waals surface area contributed by atoms with Gasteiger partial charge in [-0.05, 0) is 43.8 Å². The van der Waals surface area contributed by atoms with Crippen LogP contribution in [-0.2, 0) is 13.6 Å². The van der Waals surface area contributed by atoms with Crippen LogP contribution >= 0.6 is 0 Å². The largest absolute Gasteiger partial charge is 0.418 e. The van der Waals surface area contributed by atoms with Crippen LogP contribution in [0.2, 0.25) is 0 Å². The van der Waals surface area contributed by atoms with Crippen LogP contribution in [0.1, 0.15) is 23.2 Å². The van der Waals surface area contributed by atoms with Crippen LogP contribution in [-0.4, -0.2) is 39.8 Å². The van der Waals surface area contributed by atoms with E-state index in [0.717, 1.165) is 30.0 Å². The van der Waals surface area contributed by atoms with Crippen molar-refractivity contribution in [2.45, 2.75) is 19.5 Å². The number of hydrogen-bond acceptors (Lipinski definition) is 6. The second-order valence-corrected chi connectivity index (χ2v) is 7.43. The summed E-state index contributed by atoms with van der Waals surface area (Å²) in [6.45, 7) is 4.28. The third-order valence-corrected chi connectivity index (χ3v) is 5.33. The molecule has 28 heavy (non-hydrogen) atoms. The van der Waals surface area contributed by atoms with Gasteiger partial charge in [-0.1, -0.05) is 12.1 Å². The zero-order valence-corrected chi connectivity index (χ0v) is 16.3. The van der Waals surface area contributed by atoms with Crippen LogP contribution in [0.4, 0.5) is 4.39 Å². The molecule has 3 aromatic rings. The molecular formula is C20H25FN6O. The molecule has 4 rings (SSSR count). The van der Waals surface area contributed by atoms with E-state index in [2.05, 4.69) is 25.9 Å². The van der Waals surface area contributed by atoms with Crippen LogP contribution in [0.5, 0.6) is 0 Å². The zero-order valence-electron chi connectivity index (χ0n) is 16.3. The predicted molar refractivity (Wildman–Crippen MR) is 104 cm³/mol. The first-order chi connectivity index (χ1) is 13.5. The van der Waals surface area contributed by atoms with Crippen molar-refractivity contribution >= 4 is 0 Å². The van der Waals surface area contributed by atoms with Crippen LogP contribution in [0.25, 0.3) is 11.6 Å². The average molecular weight is 384 g/mol. The first-order valence-corrected chi connectivity index (χ1v) is 9.38. The first-order valence-electron chi connectivity index (χ1n) is 9.38. The SMILES string of the molecule is Cc1ccc(-c2nnc(CN(C)CC3CNNC3c3ccc(F)cc3)o2)n1C. The molecule has 3 heterocycles. The molecule has 2 atom stereocenters. The number of nitrogens with zero attached hydrogens (tertiary/aromatic N) is 4. The van der Waals surface area contributed by atoms with Gasteiger partial charge in [-0.15, -0.1) is 10.2 Å². The van der Waals surface area contributed by atoms with Gasteiger partial charge < -0.3 is 8.98 Å². The summed E-state index contributed by atoms with van der Waals surface area (Å²) >= 11 is 0. The second-order valence-electron chi connectivity index (χ2n) is 7.43. The predicted octanol–water partition coefficient (Wildman–Crippen LogP) is 2.42. The van der Waals surface area contributed by atoms with Crippen LogP contribution < -0.4 is 10.9 Å². The molecule has 0 saturated carbocycles. The van der Waals surface area contributed by atoms with Gasteiger partial charge in [0.2, 0.25) is 5.89 Å². The van der Waals surface area contributed by atoms with Gasteiger partial charge in [0, 0.05) is 31.7 Å². The molecule has 8 heteroatoms. The maximum absolute atomic E-state index is 13.2. The van der Waals surface area contributed by atoms with Gasteiger partial charge in [-0.25, -0.2) is 9.82 Å². The van der Waals surface area contributed by atoms with E-state index in [9.17, 15) is 4.39 Å². The molecule has 0 aliphatic carbocycles. The minimum absolute atomic E-state index is 0.132. The summed E-state index contributed by atoms with van der Waals surface area (Å²) in [6, 6.07) is 10.8. The Morgan fingerprint density at radius 2 is 2.00 bits per heavy atom. The number of aromatic nitrogens is 3. The number of hydrogen-bond donors (Lipinski definition) is 2. The summed E-state index contributed by atoms with van der Waals surface area (Å²) in [5.41, 5.74) is 9.63. The van der Waals surface area contributed by atoms with Crippen molar-refractivity contribution < 1.29 is 8.81 Å². The third-order valence-electron chi connectivity index (χ3n) is 5.33. The molecule has 2 unspecified atom stereocenters. The molecule has 0 bridgehead atoms. The molecule has 1 fully saturated rings. The number of rotatable bonds is 6. The molecule has 0 spiro atoms. The van der Waals surface area contributed by atoms with Crippen molar-refractivity contribution in [1.82, 2.24) is 30.5 Å².